The minimum absolute atomic E-state index is 0.148. The molecule has 1 atom stereocenters. The summed E-state index contributed by atoms with van der Waals surface area (Å²) in [5, 5.41) is 11.1. The maximum Gasteiger partial charge on any atom is 0.295 e. The molecule has 1 fully saturated rings. The molecule has 1 N–H and O–H groups in total. The van der Waals surface area contributed by atoms with Gasteiger partial charge in [-0.25, -0.2) is 4.39 Å². The van der Waals surface area contributed by atoms with E-state index in [4.69, 9.17) is 9.47 Å². The number of carbonyl (C=O) groups is 2. The molecule has 31 heavy (non-hydrogen) atoms. The smallest absolute Gasteiger partial charge is 0.295 e. The molecule has 1 unspecified atom stereocenters. The predicted molar refractivity (Wildman–Crippen MR) is 111 cm³/mol. The number of nitrogens with zero attached hydrogens (tertiary/aromatic N) is 2. The number of hydrogen-bond acceptors (Lipinski definition) is 6. The van der Waals surface area contributed by atoms with E-state index in [9.17, 15) is 19.1 Å². The van der Waals surface area contributed by atoms with E-state index < -0.39 is 23.5 Å². The van der Waals surface area contributed by atoms with E-state index >= 15 is 0 Å². The van der Waals surface area contributed by atoms with Crippen LogP contribution in [0.5, 0.6) is 11.5 Å². The number of hydrogen-bond donors (Lipinski definition) is 1. The third kappa shape index (κ3) is 3.86. The average molecular weight is 426 g/mol. The van der Waals surface area contributed by atoms with Crippen LogP contribution in [0.4, 0.5) is 4.39 Å². The Bertz CT molecular complexity index is 1070. The molecule has 2 aromatic rings. The Labute approximate surface area is 179 Å². The lowest BCUT2D eigenvalue weighted by Gasteiger charge is -2.27. The topological polar surface area (TPSA) is 79.3 Å². The molecule has 0 bridgehead atoms. The highest BCUT2D eigenvalue weighted by Crippen LogP contribution is 2.41. The van der Waals surface area contributed by atoms with Crippen molar-refractivity contribution < 1.29 is 28.6 Å². The number of ketones is 1. The van der Waals surface area contributed by atoms with Crippen molar-refractivity contribution in [3.8, 4) is 11.5 Å². The molecule has 1 saturated heterocycles. The first-order chi connectivity index (χ1) is 14.9. The van der Waals surface area contributed by atoms with Crippen molar-refractivity contribution in [2.75, 3.05) is 40.4 Å². The Morgan fingerprint density at radius 1 is 1.13 bits per heavy atom. The molecule has 2 aromatic carbocycles. The fourth-order valence-corrected chi connectivity index (χ4v) is 3.78. The lowest BCUT2D eigenvalue weighted by atomic mass is 9.94. The molecule has 4 rings (SSSR count). The zero-order chi connectivity index (χ0) is 22.1. The highest BCUT2D eigenvalue weighted by molar-refractivity contribution is 6.46. The summed E-state index contributed by atoms with van der Waals surface area (Å²) >= 11 is 0. The van der Waals surface area contributed by atoms with Gasteiger partial charge in [-0.05, 0) is 38.4 Å². The summed E-state index contributed by atoms with van der Waals surface area (Å²) in [5.41, 5.74) is 0.293. The maximum atomic E-state index is 14.7. The second-order valence-corrected chi connectivity index (χ2v) is 7.68. The zero-order valence-electron chi connectivity index (χ0n) is 17.3. The number of Topliss-reactive ketones (excluding diaryl/α,β-unsaturated/α-hetero) is 1. The average Bonchev–Trinajstić information content (AvgIpc) is 3.01. The van der Waals surface area contributed by atoms with Crippen molar-refractivity contribution in [1.82, 2.24) is 9.80 Å². The van der Waals surface area contributed by atoms with Gasteiger partial charge in [-0.3, -0.25) is 9.59 Å². The molecule has 2 heterocycles. The van der Waals surface area contributed by atoms with Crippen LogP contribution in [0.25, 0.3) is 5.76 Å². The third-order valence-corrected chi connectivity index (χ3v) is 5.34. The molecule has 0 radical (unpaired) electrons. The second kappa shape index (κ2) is 8.39. The highest BCUT2D eigenvalue weighted by atomic mass is 19.1. The molecular formula is C23H23FN2O5. The van der Waals surface area contributed by atoms with Gasteiger partial charge in [0.2, 0.25) is 0 Å². The summed E-state index contributed by atoms with van der Waals surface area (Å²) in [4.78, 5) is 29.0. The Balaban J connectivity index is 1.84. The predicted octanol–water partition coefficient (Wildman–Crippen LogP) is 2.58. The summed E-state index contributed by atoms with van der Waals surface area (Å²) < 4.78 is 25.8. The lowest BCUT2D eigenvalue weighted by Crippen LogP contribution is -2.35. The summed E-state index contributed by atoms with van der Waals surface area (Å²) in [7, 11) is 3.67. The van der Waals surface area contributed by atoms with Crippen LogP contribution in [-0.4, -0.2) is 67.0 Å². The van der Waals surface area contributed by atoms with Crippen LogP contribution in [0.15, 0.2) is 48.0 Å². The largest absolute Gasteiger partial charge is 0.507 e. The van der Waals surface area contributed by atoms with Gasteiger partial charge in [-0.1, -0.05) is 18.2 Å². The second-order valence-electron chi connectivity index (χ2n) is 7.68. The zero-order valence-corrected chi connectivity index (χ0v) is 17.3. The van der Waals surface area contributed by atoms with Crippen molar-refractivity contribution in [1.29, 1.82) is 0 Å². The van der Waals surface area contributed by atoms with E-state index in [1.54, 1.807) is 24.3 Å². The van der Waals surface area contributed by atoms with Crippen LogP contribution < -0.4 is 9.47 Å². The molecule has 0 aliphatic carbocycles. The highest BCUT2D eigenvalue weighted by Gasteiger charge is 2.46. The molecule has 0 spiro atoms. The van der Waals surface area contributed by atoms with Crippen LogP contribution in [0.2, 0.25) is 0 Å². The van der Waals surface area contributed by atoms with Crippen LogP contribution >= 0.6 is 0 Å². The number of rotatable bonds is 5. The first-order valence-corrected chi connectivity index (χ1v) is 9.96. The normalized spacial score (nSPS) is 19.9. The first-order valence-electron chi connectivity index (χ1n) is 9.96. The Morgan fingerprint density at radius 2 is 1.84 bits per heavy atom. The summed E-state index contributed by atoms with van der Waals surface area (Å²) in [5.74, 6) is -1.60. The van der Waals surface area contributed by atoms with Gasteiger partial charge >= 0.3 is 0 Å². The van der Waals surface area contributed by atoms with Crippen molar-refractivity contribution in [2.24, 2.45) is 0 Å². The number of amides is 1. The lowest BCUT2D eigenvalue weighted by molar-refractivity contribution is -0.140. The van der Waals surface area contributed by atoms with E-state index in [1.807, 2.05) is 19.0 Å². The van der Waals surface area contributed by atoms with Crippen LogP contribution in [0.1, 0.15) is 17.2 Å². The number of benzene rings is 2. The van der Waals surface area contributed by atoms with Crippen molar-refractivity contribution in [2.45, 2.75) is 6.04 Å². The van der Waals surface area contributed by atoms with Crippen LogP contribution in [0.3, 0.4) is 0 Å². The number of ether oxygens (including phenoxy) is 2. The standard InChI is InChI=1S/C23H23FN2O5/c1-25(2)9-10-26-20(15-5-3-4-6-16(15)24)19(22(28)23(26)29)21(27)14-7-8-17-18(13-14)31-12-11-30-17/h3-8,13,20,27H,9-12H2,1-2H3/b21-19-. The summed E-state index contributed by atoms with van der Waals surface area (Å²) in [6.07, 6.45) is 0. The number of likely N-dealkylation sites (N-methyl/N-ethyl adjacent to an activating group) is 1. The molecular weight excluding hydrogens is 403 g/mol. The molecule has 0 saturated carbocycles. The first kappa shape index (κ1) is 20.9. The van der Waals surface area contributed by atoms with Crippen molar-refractivity contribution in [3.63, 3.8) is 0 Å². The van der Waals surface area contributed by atoms with E-state index in [1.165, 1.54) is 23.1 Å². The minimum Gasteiger partial charge on any atom is -0.507 e. The molecule has 2 aliphatic heterocycles. The third-order valence-electron chi connectivity index (χ3n) is 5.34. The van der Waals surface area contributed by atoms with Gasteiger partial charge in [0.1, 0.15) is 24.8 Å². The molecule has 7 nitrogen and oxygen atoms in total. The quantitative estimate of drug-likeness (QED) is 0.450. The fraction of sp³-hybridized carbons (Fsp3) is 0.304. The van der Waals surface area contributed by atoms with Gasteiger partial charge in [-0.15, -0.1) is 0 Å². The number of aliphatic hydroxyl groups is 1. The maximum absolute atomic E-state index is 14.7. The van der Waals surface area contributed by atoms with E-state index in [-0.39, 0.29) is 29.0 Å². The fourth-order valence-electron chi connectivity index (χ4n) is 3.78. The van der Waals surface area contributed by atoms with Gasteiger partial charge in [0, 0.05) is 24.2 Å². The van der Waals surface area contributed by atoms with E-state index in [0.717, 1.165) is 0 Å². The van der Waals surface area contributed by atoms with Gasteiger partial charge in [0.25, 0.3) is 11.7 Å². The van der Waals surface area contributed by atoms with Crippen molar-refractivity contribution >= 4 is 17.4 Å². The number of aliphatic hydroxyl groups excluding tert-OH is 1. The van der Waals surface area contributed by atoms with Crippen molar-refractivity contribution in [3.05, 3.63) is 65.0 Å². The van der Waals surface area contributed by atoms with Crippen LogP contribution in [-0.2, 0) is 9.59 Å². The van der Waals surface area contributed by atoms with Gasteiger partial charge in [0.05, 0.1) is 11.6 Å². The molecule has 0 aromatic heterocycles. The van der Waals surface area contributed by atoms with Gasteiger partial charge < -0.3 is 24.4 Å². The summed E-state index contributed by atoms with van der Waals surface area (Å²) in [6.45, 7) is 1.46. The monoisotopic (exact) mass is 426 g/mol. The van der Waals surface area contributed by atoms with E-state index in [0.29, 0.717) is 31.3 Å². The Morgan fingerprint density at radius 3 is 2.55 bits per heavy atom. The number of halogens is 1. The molecule has 162 valence electrons. The van der Waals surface area contributed by atoms with Crippen LogP contribution in [0, 0.1) is 5.82 Å². The Kier molecular flexibility index (Phi) is 5.65. The van der Waals surface area contributed by atoms with Gasteiger partial charge in [0.15, 0.2) is 11.5 Å². The molecule has 8 heteroatoms. The SMILES string of the molecule is CN(C)CCN1C(=O)C(=O)/C(=C(\O)c2ccc3c(c2)OCCO3)C1c1ccccc1F. The summed E-state index contributed by atoms with van der Waals surface area (Å²) in [6, 6.07) is 9.68. The van der Waals surface area contributed by atoms with Gasteiger partial charge in [-0.2, -0.15) is 0 Å². The molecule has 1 amide bonds. The minimum atomic E-state index is -1.03. The number of likely N-dealkylation sites (tertiary alicyclic amines) is 1. The number of fused-ring (bicyclic) bond motifs is 1. The van der Waals surface area contributed by atoms with E-state index in [2.05, 4.69) is 0 Å². The number of carbonyl (C=O) groups excluding carboxylic acids is 2. The Hall–Kier alpha value is -3.39. The molecule has 2 aliphatic rings.